The number of para-hydroxylation sites is 1. The van der Waals surface area contributed by atoms with Crippen molar-refractivity contribution >= 4 is 38.2 Å². The van der Waals surface area contributed by atoms with E-state index in [-0.39, 0.29) is 17.9 Å². The van der Waals surface area contributed by atoms with Crippen LogP contribution in [0.25, 0.3) is 21.1 Å². The van der Waals surface area contributed by atoms with Gasteiger partial charge in [0.15, 0.2) is 5.78 Å². The first-order valence-electron chi connectivity index (χ1n) is 8.31. The first-order valence-corrected chi connectivity index (χ1v) is 9.13. The van der Waals surface area contributed by atoms with Crippen molar-refractivity contribution in [3.63, 3.8) is 0 Å². The molecule has 1 aliphatic carbocycles. The fourth-order valence-corrected chi connectivity index (χ4v) is 4.89. The number of hydrogen-bond acceptors (Lipinski definition) is 4. The number of carbonyl (C=O) groups excluding carboxylic acids is 1. The first-order chi connectivity index (χ1) is 12.2. The molecule has 5 nitrogen and oxygen atoms in total. The standard InChI is InChI=1S/C19H15N3O2S/c23-15(13-8-20-14-6-2-1-4-11(13)14)9-22-10-21-18-17(19(22)24)12-5-3-7-16(12)25-18/h1-2,4,6,8,10,20H,3,5,7,9H2. The first kappa shape index (κ1) is 14.6. The van der Waals surface area contributed by atoms with Gasteiger partial charge < -0.3 is 4.98 Å². The predicted octanol–water partition coefficient (Wildman–Crippen LogP) is 3.31. The number of benzene rings is 1. The van der Waals surface area contributed by atoms with E-state index in [4.69, 9.17) is 0 Å². The highest BCUT2D eigenvalue weighted by Gasteiger charge is 2.22. The Labute approximate surface area is 146 Å². The Morgan fingerprint density at radius 2 is 2.16 bits per heavy atom. The lowest BCUT2D eigenvalue weighted by Gasteiger charge is -2.05. The normalized spacial score (nSPS) is 13.6. The Morgan fingerprint density at radius 1 is 1.28 bits per heavy atom. The van der Waals surface area contributed by atoms with Crippen molar-refractivity contribution in [2.24, 2.45) is 0 Å². The molecule has 0 radical (unpaired) electrons. The van der Waals surface area contributed by atoms with Gasteiger partial charge in [-0.1, -0.05) is 18.2 Å². The summed E-state index contributed by atoms with van der Waals surface area (Å²) >= 11 is 1.61. The molecule has 0 amide bonds. The third-order valence-corrected chi connectivity index (χ3v) is 6.10. The van der Waals surface area contributed by atoms with Gasteiger partial charge >= 0.3 is 0 Å². The van der Waals surface area contributed by atoms with Crippen LogP contribution in [0, 0.1) is 0 Å². The summed E-state index contributed by atoms with van der Waals surface area (Å²) in [4.78, 5) is 35.2. The molecule has 0 spiro atoms. The van der Waals surface area contributed by atoms with Crippen LogP contribution in [0.3, 0.4) is 0 Å². The summed E-state index contributed by atoms with van der Waals surface area (Å²) in [7, 11) is 0. The molecule has 0 saturated heterocycles. The zero-order valence-electron chi connectivity index (χ0n) is 13.4. The SMILES string of the molecule is O=C(Cn1cnc2sc3c(c2c1=O)CCC3)c1c[nH]c2ccccc12. The molecule has 1 aromatic carbocycles. The summed E-state index contributed by atoms with van der Waals surface area (Å²) in [6.45, 7) is 0.00818. The Bertz CT molecular complexity index is 1200. The molecule has 4 aromatic rings. The van der Waals surface area contributed by atoms with Gasteiger partial charge in [0.25, 0.3) is 5.56 Å². The monoisotopic (exact) mass is 349 g/mol. The van der Waals surface area contributed by atoms with E-state index in [0.29, 0.717) is 10.9 Å². The second kappa shape index (κ2) is 5.39. The highest BCUT2D eigenvalue weighted by atomic mass is 32.1. The van der Waals surface area contributed by atoms with Crippen molar-refractivity contribution in [3.8, 4) is 0 Å². The van der Waals surface area contributed by atoms with E-state index in [9.17, 15) is 9.59 Å². The largest absolute Gasteiger partial charge is 0.360 e. The van der Waals surface area contributed by atoms with Gasteiger partial charge in [0.2, 0.25) is 0 Å². The van der Waals surface area contributed by atoms with Crippen LogP contribution in [0.1, 0.15) is 27.2 Å². The number of rotatable bonds is 3. The van der Waals surface area contributed by atoms with Gasteiger partial charge in [-0.25, -0.2) is 4.98 Å². The van der Waals surface area contributed by atoms with E-state index in [0.717, 1.165) is 40.6 Å². The number of aryl methyl sites for hydroxylation is 2. The van der Waals surface area contributed by atoms with Crippen molar-refractivity contribution in [1.29, 1.82) is 0 Å². The zero-order valence-corrected chi connectivity index (χ0v) is 14.2. The van der Waals surface area contributed by atoms with Gasteiger partial charge in [-0.2, -0.15) is 0 Å². The van der Waals surface area contributed by atoms with Gasteiger partial charge in [-0.15, -0.1) is 11.3 Å². The highest BCUT2D eigenvalue weighted by molar-refractivity contribution is 7.18. The van der Waals surface area contributed by atoms with E-state index in [2.05, 4.69) is 9.97 Å². The number of thiophene rings is 1. The summed E-state index contributed by atoms with van der Waals surface area (Å²) < 4.78 is 1.44. The molecular formula is C19H15N3O2S. The lowest BCUT2D eigenvalue weighted by molar-refractivity contribution is 0.0972. The topological polar surface area (TPSA) is 67.8 Å². The van der Waals surface area contributed by atoms with Gasteiger partial charge in [0.1, 0.15) is 4.83 Å². The maximum Gasteiger partial charge on any atom is 0.262 e. The zero-order chi connectivity index (χ0) is 17.0. The van der Waals surface area contributed by atoms with Crippen LogP contribution in [-0.4, -0.2) is 20.3 Å². The van der Waals surface area contributed by atoms with E-state index in [1.165, 1.54) is 15.8 Å². The molecule has 1 N–H and O–H groups in total. The molecule has 1 aliphatic rings. The molecule has 3 heterocycles. The van der Waals surface area contributed by atoms with Crippen LogP contribution >= 0.6 is 11.3 Å². The van der Waals surface area contributed by atoms with Crippen LogP contribution in [0.15, 0.2) is 41.6 Å². The minimum Gasteiger partial charge on any atom is -0.360 e. The van der Waals surface area contributed by atoms with Crippen molar-refractivity contribution in [2.75, 3.05) is 0 Å². The highest BCUT2D eigenvalue weighted by Crippen LogP contribution is 2.34. The number of H-pyrrole nitrogens is 1. The number of ketones is 1. The second-order valence-electron chi connectivity index (χ2n) is 6.39. The summed E-state index contributed by atoms with van der Waals surface area (Å²) in [5.74, 6) is -0.0902. The molecule has 5 rings (SSSR count). The summed E-state index contributed by atoms with van der Waals surface area (Å²) in [6.07, 6.45) is 6.28. The number of nitrogens with zero attached hydrogens (tertiary/aromatic N) is 2. The Balaban J connectivity index is 1.57. The van der Waals surface area contributed by atoms with Crippen LogP contribution in [-0.2, 0) is 19.4 Å². The van der Waals surface area contributed by atoms with Crippen LogP contribution in [0.5, 0.6) is 0 Å². The smallest absolute Gasteiger partial charge is 0.262 e. The van der Waals surface area contributed by atoms with Gasteiger partial charge in [-0.05, 0) is 30.9 Å². The van der Waals surface area contributed by atoms with E-state index in [1.807, 2.05) is 24.3 Å². The van der Waals surface area contributed by atoms with Crippen molar-refractivity contribution in [3.05, 3.63) is 63.1 Å². The third kappa shape index (κ3) is 2.17. The molecule has 124 valence electrons. The minimum absolute atomic E-state index is 0.00818. The van der Waals surface area contributed by atoms with E-state index < -0.39 is 0 Å². The number of aromatic amines is 1. The Morgan fingerprint density at radius 3 is 3.08 bits per heavy atom. The van der Waals surface area contributed by atoms with Crippen molar-refractivity contribution in [2.45, 2.75) is 25.8 Å². The number of nitrogens with one attached hydrogen (secondary N) is 1. The van der Waals surface area contributed by atoms with Gasteiger partial charge in [0.05, 0.1) is 18.3 Å². The summed E-state index contributed by atoms with van der Waals surface area (Å²) in [5, 5.41) is 1.60. The lowest BCUT2D eigenvalue weighted by atomic mass is 10.1. The van der Waals surface area contributed by atoms with Crippen LogP contribution in [0.2, 0.25) is 0 Å². The maximum atomic E-state index is 12.9. The second-order valence-corrected chi connectivity index (χ2v) is 7.47. The summed E-state index contributed by atoms with van der Waals surface area (Å²) in [5.41, 5.74) is 2.57. The number of fused-ring (bicyclic) bond motifs is 4. The molecule has 25 heavy (non-hydrogen) atoms. The fourth-order valence-electron chi connectivity index (χ4n) is 3.67. The molecule has 0 fully saturated rings. The lowest BCUT2D eigenvalue weighted by Crippen LogP contribution is -2.24. The predicted molar refractivity (Wildman–Crippen MR) is 98.5 cm³/mol. The van der Waals surface area contributed by atoms with E-state index in [1.54, 1.807) is 17.5 Å². The Hall–Kier alpha value is -2.73. The van der Waals surface area contributed by atoms with Crippen molar-refractivity contribution in [1.82, 2.24) is 14.5 Å². The number of aromatic nitrogens is 3. The third-order valence-electron chi connectivity index (χ3n) is 4.90. The maximum absolute atomic E-state index is 12.9. The fraction of sp³-hybridized carbons (Fsp3) is 0.211. The number of carbonyl (C=O) groups is 1. The average Bonchev–Trinajstić information content (AvgIpc) is 3.30. The summed E-state index contributed by atoms with van der Waals surface area (Å²) in [6, 6.07) is 7.67. The Kier molecular flexibility index (Phi) is 3.15. The van der Waals surface area contributed by atoms with Crippen LogP contribution in [0.4, 0.5) is 0 Å². The molecule has 0 unspecified atom stereocenters. The molecule has 0 saturated carbocycles. The molecule has 0 bridgehead atoms. The quantitative estimate of drug-likeness (QED) is 0.577. The van der Waals surface area contributed by atoms with Gasteiger partial charge in [0, 0.05) is 27.5 Å². The number of Topliss-reactive ketones (excluding diaryl/α,β-unsaturated/α-hetero) is 1. The average molecular weight is 349 g/mol. The molecule has 3 aromatic heterocycles. The minimum atomic E-state index is -0.0995. The molecule has 0 aliphatic heterocycles. The number of hydrogen-bond donors (Lipinski definition) is 1. The van der Waals surface area contributed by atoms with Gasteiger partial charge in [-0.3, -0.25) is 14.2 Å². The van der Waals surface area contributed by atoms with Crippen molar-refractivity contribution < 1.29 is 4.79 Å². The van der Waals surface area contributed by atoms with E-state index >= 15 is 0 Å². The van der Waals surface area contributed by atoms with Crippen LogP contribution < -0.4 is 5.56 Å². The molecule has 6 heteroatoms. The molecular weight excluding hydrogens is 334 g/mol. The molecule has 0 atom stereocenters.